The Bertz CT molecular complexity index is 316. The van der Waals surface area contributed by atoms with Crippen LogP contribution in [0.4, 0.5) is 0 Å². The number of aliphatic hydroxyl groups excluding tert-OH is 1. The maximum atomic E-state index is 9.71. The van der Waals surface area contributed by atoms with Gasteiger partial charge in [-0.25, -0.2) is 0 Å². The Balaban J connectivity index is 2.07. The van der Waals surface area contributed by atoms with Crippen LogP contribution in [0.5, 0.6) is 0 Å². The zero-order chi connectivity index (χ0) is 9.97. The van der Waals surface area contributed by atoms with E-state index in [9.17, 15) is 5.11 Å². The molecule has 1 N–H and O–H groups in total. The lowest BCUT2D eigenvalue weighted by Crippen LogP contribution is -2.14. The van der Waals surface area contributed by atoms with E-state index in [-0.39, 0.29) is 6.10 Å². The second-order valence-electron chi connectivity index (χ2n) is 3.58. The molecule has 0 aliphatic heterocycles. The fourth-order valence-corrected chi connectivity index (χ4v) is 3.55. The second-order valence-corrected chi connectivity index (χ2v) is 5.72. The minimum Gasteiger partial charge on any atom is -0.392 e. The van der Waals surface area contributed by atoms with Gasteiger partial charge < -0.3 is 5.11 Å². The first-order valence-electron chi connectivity index (χ1n) is 4.86. The van der Waals surface area contributed by atoms with Crippen molar-refractivity contribution in [2.75, 3.05) is 0 Å². The van der Waals surface area contributed by atoms with Crippen molar-refractivity contribution in [1.29, 1.82) is 0 Å². The lowest BCUT2D eigenvalue weighted by molar-refractivity contribution is 0.188. The van der Waals surface area contributed by atoms with Crippen LogP contribution in [0.2, 0.25) is 0 Å². The van der Waals surface area contributed by atoms with Crippen LogP contribution >= 0.6 is 27.7 Å². The van der Waals surface area contributed by atoms with Gasteiger partial charge >= 0.3 is 0 Å². The molecule has 0 heterocycles. The molecule has 1 aromatic carbocycles. The highest BCUT2D eigenvalue weighted by Gasteiger charge is 2.26. The molecule has 1 nitrogen and oxygen atoms in total. The van der Waals surface area contributed by atoms with E-state index in [0.717, 1.165) is 23.7 Å². The number of hydrogen-bond donors (Lipinski definition) is 1. The van der Waals surface area contributed by atoms with Crippen molar-refractivity contribution in [2.45, 2.75) is 35.5 Å². The SMILES string of the molecule is O[C@H]1CCC[C@@H]1Sc1ccccc1Br. The van der Waals surface area contributed by atoms with Gasteiger partial charge in [-0.05, 0) is 47.3 Å². The summed E-state index contributed by atoms with van der Waals surface area (Å²) in [5, 5.41) is 10.1. The fourth-order valence-electron chi connectivity index (χ4n) is 1.75. The van der Waals surface area contributed by atoms with Gasteiger partial charge in [-0.1, -0.05) is 12.1 Å². The molecule has 2 atom stereocenters. The molecular weight excluding hydrogens is 260 g/mol. The molecule has 14 heavy (non-hydrogen) atoms. The van der Waals surface area contributed by atoms with E-state index < -0.39 is 0 Å². The van der Waals surface area contributed by atoms with Crippen molar-refractivity contribution in [3.05, 3.63) is 28.7 Å². The third-order valence-electron chi connectivity index (χ3n) is 2.53. The predicted octanol–water partition coefficient (Wildman–Crippen LogP) is 3.45. The van der Waals surface area contributed by atoms with Gasteiger partial charge in [-0.15, -0.1) is 11.8 Å². The number of aliphatic hydroxyl groups is 1. The Kier molecular flexibility index (Phi) is 3.52. The highest BCUT2D eigenvalue weighted by Crippen LogP contribution is 2.37. The van der Waals surface area contributed by atoms with Crippen LogP contribution in [0.25, 0.3) is 0 Å². The molecule has 3 heteroatoms. The molecule has 1 saturated carbocycles. The molecule has 0 radical (unpaired) electrons. The third-order valence-corrected chi connectivity index (χ3v) is 4.95. The van der Waals surface area contributed by atoms with Gasteiger partial charge in [-0.2, -0.15) is 0 Å². The summed E-state index contributed by atoms with van der Waals surface area (Å²) in [5.41, 5.74) is 0. The van der Waals surface area contributed by atoms with Crippen molar-refractivity contribution in [1.82, 2.24) is 0 Å². The Hall–Kier alpha value is 0.01000. The number of thioether (sulfide) groups is 1. The zero-order valence-corrected chi connectivity index (χ0v) is 10.2. The van der Waals surface area contributed by atoms with Crippen LogP contribution < -0.4 is 0 Å². The summed E-state index contributed by atoms with van der Waals surface area (Å²) >= 11 is 5.31. The first-order valence-corrected chi connectivity index (χ1v) is 6.54. The third kappa shape index (κ3) is 2.33. The highest BCUT2D eigenvalue weighted by atomic mass is 79.9. The van der Waals surface area contributed by atoms with E-state index in [0.29, 0.717) is 5.25 Å². The van der Waals surface area contributed by atoms with Crippen LogP contribution in [0.15, 0.2) is 33.6 Å². The molecule has 0 bridgehead atoms. The maximum absolute atomic E-state index is 9.71. The molecule has 1 aliphatic rings. The van der Waals surface area contributed by atoms with Gasteiger partial charge in [0.2, 0.25) is 0 Å². The van der Waals surface area contributed by atoms with Gasteiger partial charge in [-0.3, -0.25) is 0 Å². The molecule has 0 saturated heterocycles. The summed E-state index contributed by atoms with van der Waals surface area (Å²) in [6, 6.07) is 8.19. The van der Waals surface area contributed by atoms with Crippen LogP contribution in [0.3, 0.4) is 0 Å². The van der Waals surface area contributed by atoms with E-state index in [1.165, 1.54) is 4.90 Å². The van der Waals surface area contributed by atoms with Gasteiger partial charge in [0.25, 0.3) is 0 Å². The lowest BCUT2D eigenvalue weighted by atomic mass is 10.3. The van der Waals surface area contributed by atoms with E-state index in [1.807, 2.05) is 18.2 Å². The van der Waals surface area contributed by atoms with Crippen LogP contribution in [-0.4, -0.2) is 16.5 Å². The normalized spacial score (nSPS) is 26.7. The largest absolute Gasteiger partial charge is 0.392 e. The Morgan fingerprint density at radius 1 is 1.29 bits per heavy atom. The van der Waals surface area contributed by atoms with Crippen molar-refractivity contribution < 1.29 is 5.11 Å². The molecule has 1 aliphatic carbocycles. The monoisotopic (exact) mass is 272 g/mol. The number of benzene rings is 1. The number of halogens is 1. The van der Waals surface area contributed by atoms with Crippen molar-refractivity contribution >= 4 is 27.7 Å². The Labute approximate surface area is 97.0 Å². The van der Waals surface area contributed by atoms with Crippen molar-refractivity contribution in [3.63, 3.8) is 0 Å². The summed E-state index contributed by atoms with van der Waals surface area (Å²) in [6.45, 7) is 0. The smallest absolute Gasteiger partial charge is 0.0662 e. The van der Waals surface area contributed by atoms with Crippen LogP contribution in [0.1, 0.15) is 19.3 Å². The minimum absolute atomic E-state index is 0.118. The molecule has 1 fully saturated rings. The quantitative estimate of drug-likeness (QED) is 0.890. The molecule has 2 rings (SSSR count). The fraction of sp³-hybridized carbons (Fsp3) is 0.455. The van der Waals surface area contributed by atoms with E-state index in [1.54, 1.807) is 11.8 Å². The predicted molar refractivity (Wildman–Crippen MR) is 63.6 cm³/mol. The summed E-state index contributed by atoms with van der Waals surface area (Å²) in [7, 11) is 0. The molecular formula is C11H13BrOS. The molecule has 0 aromatic heterocycles. The summed E-state index contributed by atoms with van der Waals surface area (Å²) in [4.78, 5) is 1.23. The lowest BCUT2D eigenvalue weighted by Gasteiger charge is -2.14. The van der Waals surface area contributed by atoms with Gasteiger partial charge in [0, 0.05) is 14.6 Å². The summed E-state index contributed by atoms with van der Waals surface area (Å²) in [6.07, 6.45) is 3.13. The molecule has 76 valence electrons. The van der Waals surface area contributed by atoms with Crippen LogP contribution in [0, 0.1) is 0 Å². The van der Waals surface area contributed by atoms with E-state index >= 15 is 0 Å². The maximum Gasteiger partial charge on any atom is 0.0662 e. The van der Waals surface area contributed by atoms with Gasteiger partial charge in [0.15, 0.2) is 0 Å². The van der Waals surface area contributed by atoms with Gasteiger partial charge in [0.1, 0.15) is 0 Å². The number of hydrogen-bond acceptors (Lipinski definition) is 2. The average molecular weight is 273 g/mol. The van der Waals surface area contributed by atoms with Crippen LogP contribution in [-0.2, 0) is 0 Å². The topological polar surface area (TPSA) is 20.2 Å². The van der Waals surface area contributed by atoms with Crippen molar-refractivity contribution in [2.24, 2.45) is 0 Å². The molecule has 0 amide bonds. The molecule has 0 spiro atoms. The van der Waals surface area contributed by atoms with Crippen molar-refractivity contribution in [3.8, 4) is 0 Å². The number of rotatable bonds is 2. The first kappa shape index (κ1) is 10.5. The first-order chi connectivity index (χ1) is 6.77. The zero-order valence-electron chi connectivity index (χ0n) is 7.82. The standard InChI is InChI=1S/C11H13BrOS/c12-8-4-1-2-6-10(8)14-11-7-3-5-9(11)13/h1-2,4,6,9,11,13H,3,5,7H2/t9-,11-/m0/s1. The summed E-state index contributed by atoms with van der Waals surface area (Å²) < 4.78 is 1.13. The summed E-state index contributed by atoms with van der Waals surface area (Å²) in [5.74, 6) is 0. The molecule has 0 unspecified atom stereocenters. The van der Waals surface area contributed by atoms with Gasteiger partial charge in [0.05, 0.1) is 6.10 Å². The second kappa shape index (κ2) is 4.69. The van der Waals surface area contributed by atoms with E-state index in [2.05, 4.69) is 22.0 Å². The average Bonchev–Trinajstić information content (AvgIpc) is 2.56. The minimum atomic E-state index is -0.118. The van der Waals surface area contributed by atoms with E-state index in [4.69, 9.17) is 0 Å². The Morgan fingerprint density at radius 2 is 2.07 bits per heavy atom. The Morgan fingerprint density at radius 3 is 2.71 bits per heavy atom. The highest BCUT2D eigenvalue weighted by molar-refractivity contribution is 9.10. The molecule has 1 aromatic rings.